The van der Waals surface area contributed by atoms with Gasteiger partial charge < -0.3 is 10.1 Å². The standard InChI is InChI=1S/C16H25NO/c1-12(2)8-14-6-4-5-7-15(14)11-18-16-10-17-9-13(16)3/h4-7,12-13,16-17H,8-11H2,1-3H3/t13-,16+/m1/s1. The van der Waals surface area contributed by atoms with Crippen molar-refractivity contribution < 1.29 is 4.74 Å². The maximum Gasteiger partial charge on any atom is 0.0741 e. The second kappa shape index (κ2) is 6.35. The highest BCUT2D eigenvalue weighted by Crippen LogP contribution is 2.18. The zero-order valence-electron chi connectivity index (χ0n) is 11.8. The van der Waals surface area contributed by atoms with Crippen LogP contribution in [0.1, 0.15) is 31.9 Å². The normalized spacial score (nSPS) is 23.8. The van der Waals surface area contributed by atoms with E-state index in [1.165, 1.54) is 11.1 Å². The number of hydrogen-bond donors (Lipinski definition) is 1. The van der Waals surface area contributed by atoms with Gasteiger partial charge in [-0.3, -0.25) is 0 Å². The summed E-state index contributed by atoms with van der Waals surface area (Å²) in [5, 5.41) is 3.38. The van der Waals surface area contributed by atoms with Gasteiger partial charge in [0.1, 0.15) is 0 Å². The van der Waals surface area contributed by atoms with Crippen molar-refractivity contribution in [1.82, 2.24) is 5.32 Å². The Bertz CT molecular complexity index is 375. The molecule has 2 rings (SSSR count). The summed E-state index contributed by atoms with van der Waals surface area (Å²) in [5.74, 6) is 1.32. The van der Waals surface area contributed by atoms with E-state index in [1.807, 2.05) is 0 Å². The molecular formula is C16H25NO. The third-order valence-electron chi connectivity index (χ3n) is 3.65. The first-order valence-corrected chi connectivity index (χ1v) is 7.06. The van der Waals surface area contributed by atoms with E-state index < -0.39 is 0 Å². The van der Waals surface area contributed by atoms with Crippen LogP contribution in [0.2, 0.25) is 0 Å². The SMILES string of the molecule is CC(C)Cc1ccccc1CO[C@H]1CNC[C@H]1C. The highest BCUT2D eigenvalue weighted by atomic mass is 16.5. The van der Waals surface area contributed by atoms with Crippen molar-refractivity contribution in [2.24, 2.45) is 11.8 Å². The van der Waals surface area contributed by atoms with Crippen LogP contribution in [0, 0.1) is 11.8 Å². The molecule has 2 heteroatoms. The fourth-order valence-electron chi connectivity index (χ4n) is 2.54. The van der Waals surface area contributed by atoms with Gasteiger partial charge in [-0.1, -0.05) is 45.0 Å². The van der Waals surface area contributed by atoms with E-state index in [0.717, 1.165) is 26.1 Å². The van der Waals surface area contributed by atoms with E-state index in [9.17, 15) is 0 Å². The molecule has 18 heavy (non-hydrogen) atoms. The Kier molecular flexibility index (Phi) is 4.79. The summed E-state index contributed by atoms with van der Waals surface area (Å²) >= 11 is 0. The quantitative estimate of drug-likeness (QED) is 0.863. The molecule has 2 nitrogen and oxygen atoms in total. The zero-order valence-corrected chi connectivity index (χ0v) is 11.8. The molecule has 0 amide bonds. The van der Waals surface area contributed by atoms with Crippen LogP contribution in [0.5, 0.6) is 0 Å². The predicted octanol–water partition coefficient (Wildman–Crippen LogP) is 3.01. The largest absolute Gasteiger partial charge is 0.372 e. The van der Waals surface area contributed by atoms with Crippen LogP contribution in [-0.2, 0) is 17.8 Å². The molecule has 1 fully saturated rings. The van der Waals surface area contributed by atoms with Gasteiger partial charge in [-0.05, 0) is 29.4 Å². The molecule has 1 saturated heterocycles. The summed E-state index contributed by atoms with van der Waals surface area (Å²) in [6.45, 7) is 9.61. The van der Waals surface area contributed by atoms with Crippen molar-refractivity contribution in [3.63, 3.8) is 0 Å². The molecule has 1 N–H and O–H groups in total. The molecule has 1 aromatic carbocycles. The number of rotatable bonds is 5. The average Bonchev–Trinajstić information content (AvgIpc) is 2.73. The number of ether oxygens (including phenoxy) is 1. The van der Waals surface area contributed by atoms with Gasteiger partial charge in [-0.2, -0.15) is 0 Å². The molecule has 0 unspecified atom stereocenters. The van der Waals surface area contributed by atoms with Crippen LogP contribution in [-0.4, -0.2) is 19.2 Å². The fourth-order valence-corrected chi connectivity index (χ4v) is 2.54. The third kappa shape index (κ3) is 3.56. The maximum absolute atomic E-state index is 6.06. The Labute approximate surface area is 111 Å². The van der Waals surface area contributed by atoms with E-state index in [0.29, 0.717) is 17.9 Å². The van der Waals surface area contributed by atoms with Gasteiger partial charge >= 0.3 is 0 Å². The molecule has 1 heterocycles. The molecule has 0 saturated carbocycles. The maximum atomic E-state index is 6.06. The Morgan fingerprint density at radius 3 is 2.56 bits per heavy atom. The zero-order chi connectivity index (χ0) is 13.0. The lowest BCUT2D eigenvalue weighted by Crippen LogP contribution is -2.21. The topological polar surface area (TPSA) is 21.3 Å². The molecule has 0 radical (unpaired) electrons. The highest BCUT2D eigenvalue weighted by molar-refractivity contribution is 5.26. The van der Waals surface area contributed by atoms with Gasteiger partial charge in [0.05, 0.1) is 12.7 Å². The average molecular weight is 247 g/mol. The predicted molar refractivity (Wildman–Crippen MR) is 75.6 cm³/mol. The minimum absolute atomic E-state index is 0.372. The number of hydrogen-bond acceptors (Lipinski definition) is 2. The van der Waals surface area contributed by atoms with Crippen molar-refractivity contribution in [1.29, 1.82) is 0 Å². The summed E-state index contributed by atoms with van der Waals surface area (Å²) in [7, 11) is 0. The van der Waals surface area contributed by atoms with Crippen molar-refractivity contribution in [3.05, 3.63) is 35.4 Å². The molecule has 2 atom stereocenters. The minimum atomic E-state index is 0.372. The van der Waals surface area contributed by atoms with Crippen LogP contribution in [0.25, 0.3) is 0 Å². The first kappa shape index (κ1) is 13.6. The number of benzene rings is 1. The Balaban J connectivity index is 1.95. The minimum Gasteiger partial charge on any atom is -0.372 e. The molecule has 100 valence electrons. The highest BCUT2D eigenvalue weighted by Gasteiger charge is 2.23. The Morgan fingerprint density at radius 1 is 1.22 bits per heavy atom. The van der Waals surface area contributed by atoms with Crippen LogP contribution in [0.4, 0.5) is 0 Å². The van der Waals surface area contributed by atoms with E-state index in [1.54, 1.807) is 0 Å². The third-order valence-corrected chi connectivity index (χ3v) is 3.65. The van der Waals surface area contributed by atoms with Gasteiger partial charge in [0.15, 0.2) is 0 Å². The van der Waals surface area contributed by atoms with Crippen molar-refractivity contribution in [3.8, 4) is 0 Å². The Hall–Kier alpha value is -0.860. The molecule has 0 aliphatic carbocycles. The Morgan fingerprint density at radius 2 is 1.94 bits per heavy atom. The van der Waals surface area contributed by atoms with E-state index in [4.69, 9.17) is 4.74 Å². The summed E-state index contributed by atoms with van der Waals surface area (Å²) in [6.07, 6.45) is 1.51. The van der Waals surface area contributed by atoms with Gasteiger partial charge in [0, 0.05) is 13.1 Å². The van der Waals surface area contributed by atoms with Crippen molar-refractivity contribution >= 4 is 0 Å². The summed E-state index contributed by atoms with van der Waals surface area (Å²) < 4.78 is 6.06. The lowest BCUT2D eigenvalue weighted by Gasteiger charge is -2.17. The van der Waals surface area contributed by atoms with Crippen LogP contribution >= 0.6 is 0 Å². The first-order chi connectivity index (χ1) is 8.66. The molecular weight excluding hydrogens is 222 g/mol. The molecule has 1 aromatic rings. The molecule has 1 aliphatic rings. The van der Waals surface area contributed by atoms with Crippen molar-refractivity contribution in [2.45, 2.75) is 39.9 Å². The fraction of sp³-hybridized carbons (Fsp3) is 0.625. The van der Waals surface area contributed by atoms with Crippen LogP contribution in [0.15, 0.2) is 24.3 Å². The van der Waals surface area contributed by atoms with Crippen molar-refractivity contribution in [2.75, 3.05) is 13.1 Å². The van der Waals surface area contributed by atoms with E-state index in [2.05, 4.69) is 50.4 Å². The summed E-state index contributed by atoms with van der Waals surface area (Å²) in [4.78, 5) is 0. The first-order valence-electron chi connectivity index (χ1n) is 7.06. The molecule has 0 spiro atoms. The lowest BCUT2D eigenvalue weighted by molar-refractivity contribution is 0.0299. The molecule has 1 aliphatic heterocycles. The van der Waals surface area contributed by atoms with E-state index >= 15 is 0 Å². The molecule has 0 bridgehead atoms. The summed E-state index contributed by atoms with van der Waals surface area (Å²) in [6, 6.07) is 8.67. The number of nitrogens with one attached hydrogen (secondary N) is 1. The van der Waals surface area contributed by atoms with E-state index in [-0.39, 0.29) is 0 Å². The smallest absolute Gasteiger partial charge is 0.0741 e. The molecule has 0 aromatic heterocycles. The van der Waals surface area contributed by atoms with Gasteiger partial charge in [-0.25, -0.2) is 0 Å². The van der Waals surface area contributed by atoms with Gasteiger partial charge in [0.2, 0.25) is 0 Å². The summed E-state index contributed by atoms with van der Waals surface area (Å²) in [5.41, 5.74) is 2.79. The van der Waals surface area contributed by atoms with Crippen LogP contribution < -0.4 is 5.32 Å². The van der Waals surface area contributed by atoms with Gasteiger partial charge in [0.25, 0.3) is 0 Å². The van der Waals surface area contributed by atoms with Gasteiger partial charge in [-0.15, -0.1) is 0 Å². The lowest BCUT2D eigenvalue weighted by atomic mass is 9.98. The second-order valence-corrected chi connectivity index (χ2v) is 5.85. The second-order valence-electron chi connectivity index (χ2n) is 5.85. The van der Waals surface area contributed by atoms with Crippen LogP contribution in [0.3, 0.4) is 0 Å². The monoisotopic (exact) mass is 247 g/mol.